The molecule has 0 saturated carbocycles. The predicted molar refractivity (Wildman–Crippen MR) is 151 cm³/mol. The molecule has 0 radical (unpaired) electrons. The van der Waals surface area contributed by atoms with Crippen LogP contribution in [-0.2, 0) is 11.2 Å². The van der Waals surface area contributed by atoms with Crippen LogP contribution in [0.1, 0.15) is 77.7 Å². The fraction of sp³-hybridized carbons (Fsp3) is 0.600. The number of anilines is 1. The first-order valence-corrected chi connectivity index (χ1v) is 14.4. The molecular formula is C30H43FN6O. The Morgan fingerprint density at radius 2 is 1.79 bits per heavy atom. The van der Waals surface area contributed by atoms with E-state index in [1.807, 2.05) is 6.92 Å². The van der Waals surface area contributed by atoms with Crippen molar-refractivity contribution in [1.29, 1.82) is 0 Å². The standard InChI is InChI=1S/C30H43FN6O/c1-6-8-10-23(7-2)30(38)36-18-9-17-35(19-20-36)28-27-22(5)34-37(25-14-12-24(31)13-15-25)29(27)33-26(32-28)16-11-21(3)4/h12-15,21,23H,6-11,16-20H2,1-5H3. The number of unbranched alkanes of at least 4 members (excludes halogenated alkanes) is 1. The van der Waals surface area contributed by atoms with Gasteiger partial charge in [-0.2, -0.15) is 5.10 Å². The highest BCUT2D eigenvalue weighted by molar-refractivity contribution is 5.91. The molecule has 206 valence electrons. The van der Waals surface area contributed by atoms with Crippen LogP contribution in [0.25, 0.3) is 16.7 Å². The molecule has 1 amide bonds. The largest absolute Gasteiger partial charge is 0.354 e. The van der Waals surface area contributed by atoms with Crippen molar-refractivity contribution in [2.45, 2.75) is 79.6 Å². The molecule has 0 spiro atoms. The molecule has 3 heterocycles. The van der Waals surface area contributed by atoms with Crippen LogP contribution in [0.15, 0.2) is 24.3 Å². The highest BCUT2D eigenvalue weighted by atomic mass is 19.1. The van der Waals surface area contributed by atoms with Gasteiger partial charge in [-0.25, -0.2) is 19.0 Å². The molecule has 38 heavy (non-hydrogen) atoms. The summed E-state index contributed by atoms with van der Waals surface area (Å²) >= 11 is 0. The third-order valence-corrected chi connectivity index (χ3v) is 7.60. The van der Waals surface area contributed by atoms with Gasteiger partial charge in [0.1, 0.15) is 17.5 Å². The first-order valence-electron chi connectivity index (χ1n) is 14.4. The van der Waals surface area contributed by atoms with E-state index in [4.69, 9.17) is 15.1 Å². The van der Waals surface area contributed by atoms with E-state index in [1.54, 1.807) is 16.8 Å². The van der Waals surface area contributed by atoms with Gasteiger partial charge in [-0.15, -0.1) is 0 Å². The molecule has 1 aromatic carbocycles. The Morgan fingerprint density at radius 3 is 2.47 bits per heavy atom. The number of nitrogens with zero attached hydrogens (tertiary/aromatic N) is 6. The van der Waals surface area contributed by atoms with Crippen molar-refractivity contribution in [3.8, 4) is 5.69 Å². The fourth-order valence-electron chi connectivity index (χ4n) is 5.29. The Kier molecular flexibility index (Phi) is 9.34. The summed E-state index contributed by atoms with van der Waals surface area (Å²) in [6, 6.07) is 6.36. The highest BCUT2D eigenvalue weighted by Crippen LogP contribution is 2.30. The monoisotopic (exact) mass is 522 g/mol. The zero-order valence-electron chi connectivity index (χ0n) is 23.7. The number of fused-ring (bicyclic) bond motifs is 1. The van der Waals surface area contributed by atoms with Crippen LogP contribution in [0.4, 0.5) is 10.2 Å². The second-order valence-corrected chi connectivity index (χ2v) is 11.0. The number of rotatable bonds is 10. The minimum Gasteiger partial charge on any atom is -0.354 e. The van der Waals surface area contributed by atoms with Gasteiger partial charge in [0.05, 0.1) is 16.8 Å². The van der Waals surface area contributed by atoms with Gasteiger partial charge >= 0.3 is 0 Å². The lowest BCUT2D eigenvalue weighted by Crippen LogP contribution is -2.39. The van der Waals surface area contributed by atoms with Gasteiger partial charge < -0.3 is 9.80 Å². The summed E-state index contributed by atoms with van der Waals surface area (Å²) in [5, 5.41) is 5.74. The molecule has 4 rings (SSSR count). The van der Waals surface area contributed by atoms with Crippen LogP contribution >= 0.6 is 0 Å². The molecule has 7 nitrogen and oxygen atoms in total. The van der Waals surface area contributed by atoms with Gasteiger partial charge in [-0.1, -0.05) is 40.5 Å². The van der Waals surface area contributed by atoms with Crippen LogP contribution in [0, 0.1) is 24.6 Å². The van der Waals surface area contributed by atoms with Crippen molar-refractivity contribution >= 4 is 22.8 Å². The van der Waals surface area contributed by atoms with E-state index in [0.29, 0.717) is 18.4 Å². The number of hydrogen-bond acceptors (Lipinski definition) is 5. The Labute approximate surface area is 226 Å². The quantitative estimate of drug-likeness (QED) is 0.322. The van der Waals surface area contributed by atoms with E-state index in [0.717, 1.165) is 98.6 Å². The van der Waals surface area contributed by atoms with Gasteiger partial charge in [0.25, 0.3) is 0 Å². The molecular weight excluding hydrogens is 479 g/mol. The normalized spacial score (nSPS) is 15.3. The average molecular weight is 523 g/mol. The van der Waals surface area contributed by atoms with Crippen molar-refractivity contribution < 1.29 is 9.18 Å². The number of carbonyl (C=O) groups excluding carboxylic acids is 1. The summed E-state index contributed by atoms with van der Waals surface area (Å²) in [7, 11) is 0. The number of hydrogen-bond donors (Lipinski definition) is 0. The van der Waals surface area contributed by atoms with Crippen molar-refractivity contribution in [1.82, 2.24) is 24.6 Å². The maximum Gasteiger partial charge on any atom is 0.225 e. The number of benzene rings is 1. The Bertz CT molecular complexity index is 1220. The predicted octanol–water partition coefficient (Wildman–Crippen LogP) is 6.11. The molecule has 1 aliphatic heterocycles. The molecule has 1 unspecified atom stereocenters. The average Bonchev–Trinajstić information content (AvgIpc) is 3.07. The minimum atomic E-state index is -0.279. The molecule has 2 aromatic heterocycles. The zero-order chi connectivity index (χ0) is 27.2. The van der Waals surface area contributed by atoms with Crippen molar-refractivity contribution in [2.24, 2.45) is 11.8 Å². The van der Waals surface area contributed by atoms with Crippen molar-refractivity contribution in [2.75, 3.05) is 31.1 Å². The molecule has 3 aromatic rings. The highest BCUT2D eigenvalue weighted by Gasteiger charge is 2.27. The van der Waals surface area contributed by atoms with Crippen molar-refractivity contribution in [3.05, 3.63) is 41.6 Å². The number of aryl methyl sites for hydroxylation is 2. The summed E-state index contributed by atoms with van der Waals surface area (Å²) < 4.78 is 15.4. The fourth-order valence-corrected chi connectivity index (χ4v) is 5.29. The maximum atomic E-state index is 13.6. The number of amides is 1. The Hall–Kier alpha value is -3.03. The smallest absolute Gasteiger partial charge is 0.225 e. The summed E-state index contributed by atoms with van der Waals surface area (Å²) in [5.74, 6) is 2.37. The van der Waals surface area contributed by atoms with Crippen LogP contribution in [0.5, 0.6) is 0 Å². The van der Waals surface area contributed by atoms with Gasteiger partial charge in [-0.05, 0) is 62.8 Å². The van der Waals surface area contributed by atoms with Crippen LogP contribution in [0.2, 0.25) is 0 Å². The summed E-state index contributed by atoms with van der Waals surface area (Å²) in [6.45, 7) is 13.7. The number of aromatic nitrogens is 4. The third kappa shape index (κ3) is 6.33. The van der Waals surface area contributed by atoms with E-state index in [-0.39, 0.29) is 11.7 Å². The minimum absolute atomic E-state index is 0.117. The van der Waals surface area contributed by atoms with E-state index in [2.05, 4.69) is 37.5 Å². The van der Waals surface area contributed by atoms with Crippen LogP contribution in [0.3, 0.4) is 0 Å². The lowest BCUT2D eigenvalue weighted by Gasteiger charge is -2.26. The van der Waals surface area contributed by atoms with Crippen molar-refractivity contribution in [3.63, 3.8) is 0 Å². The summed E-state index contributed by atoms with van der Waals surface area (Å²) in [4.78, 5) is 27.7. The van der Waals surface area contributed by atoms with E-state index in [9.17, 15) is 9.18 Å². The molecule has 0 N–H and O–H groups in total. The van der Waals surface area contributed by atoms with E-state index < -0.39 is 0 Å². The number of carbonyl (C=O) groups is 1. The lowest BCUT2D eigenvalue weighted by atomic mass is 9.97. The summed E-state index contributed by atoms with van der Waals surface area (Å²) in [5.41, 5.74) is 2.37. The van der Waals surface area contributed by atoms with Gasteiger partial charge in [0, 0.05) is 38.5 Å². The van der Waals surface area contributed by atoms with Gasteiger partial charge in [0.2, 0.25) is 5.91 Å². The topological polar surface area (TPSA) is 67.2 Å². The van der Waals surface area contributed by atoms with E-state index >= 15 is 0 Å². The zero-order valence-corrected chi connectivity index (χ0v) is 23.7. The molecule has 1 aliphatic rings. The lowest BCUT2D eigenvalue weighted by molar-refractivity contribution is -0.135. The Morgan fingerprint density at radius 1 is 1.03 bits per heavy atom. The van der Waals surface area contributed by atoms with Crippen LogP contribution in [-0.4, -0.2) is 56.7 Å². The van der Waals surface area contributed by atoms with Crippen LogP contribution < -0.4 is 4.90 Å². The second kappa shape index (κ2) is 12.7. The Balaban J connectivity index is 1.67. The van der Waals surface area contributed by atoms with Gasteiger partial charge in [0.15, 0.2) is 5.65 Å². The molecule has 1 atom stereocenters. The van der Waals surface area contributed by atoms with Gasteiger partial charge in [-0.3, -0.25) is 4.79 Å². The third-order valence-electron chi connectivity index (χ3n) is 7.60. The first-order chi connectivity index (χ1) is 18.3. The molecule has 0 bridgehead atoms. The second-order valence-electron chi connectivity index (χ2n) is 11.0. The SMILES string of the molecule is CCCCC(CC)C(=O)N1CCCN(c2nc(CCC(C)C)nc3c2c(C)nn3-c2ccc(F)cc2)CC1. The number of halogens is 1. The molecule has 0 aliphatic carbocycles. The van der Waals surface area contributed by atoms with E-state index in [1.165, 1.54) is 12.1 Å². The first kappa shape index (κ1) is 28.0. The summed E-state index contributed by atoms with van der Waals surface area (Å²) in [6.07, 6.45) is 6.75. The molecule has 8 heteroatoms. The maximum absolute atomic E-state index is 13.6. The molecule has 1 saturated heterocycles. The molecule has 1 fully saturated rings.